The molecule has 0 aliphatic carbocycles. The second-order valence-electron chi connectivity index (χ2n) is 4.09. The van der Waals surface area contributed by atoms with Crippen molar-refractivity contribution >= 4 is 28.9 Å². The zero-order valence-corrected chi connectivity index (χ0v) is 12.3. The number of rotatable bonds is 4. The summed E-state index contributed by atoms with van der Waals surface area (Å²) < 4.78 is 0. The third-order valence-electron chi connectivity index (χ3n) is 2.47. The largest absolute Gasteiger partial charge is 0.299 e. The van der Waals surface area contributed by atoms with Gasteiger partial charge < -0.3 is 0 Å². The lowest BCUT2D eigenvalue weighted by Gasteiger charge is -2.08. The van der Waals surface area contributed by atoms with E-state index in [1.807, 2.05) is 30.5 Å². The van der Waals surface area contributed by atoms with Gasteiger partial charge in [0.2, 0.25) is 0 Å². The molecule has 2 heterocycles. The average Bonchev–Trinajstić information content (AvgIpc) is 2.90. The molecule has 0 aliphatic rings. The Labute approximate surface area is 120 Å². The number of aromatic nitrogens is 1. The quantitative estimate of drug-likeness (QED) is 0.805. The summed E-state index contributed by atoms with van der Waals surface area (Å²) in [6.07, 6.45) is 0. The molecule has 0 radical (unpaired) electrons. The highest BCUT2D eigenvalue weighted by atomic mass is 32.2. The molecule has 0 atom stereocenters. The molecule has 19 heavy (non-hydrogen) atoms. The van der Waals surface area contributed by atoms with Crippen LogP contribution in [0.2, 0.25) is 0 Å². The number of hydrogen-bond donors (Lipinski definition) is 0. The van der Waals surface area contributed by atoms with E-state index in [0.717, 1.165) is 16.1 Å². The Balaban J connectivity index is 2.44. The lowest BCUT2D eigenvalue weighted by molar-refractivity contribution is -0.114. The molecule has 0 saturated heterocycles. The van der Waals surface area contributed by atoms with Gasteiger partial charge in [0.1, 0.15) is 16.9 Å². The zero-order valence-electron chi connectivity index (χ0n) is 10.6. The molecule has 3 nitrogen and oxygen atoms in total. The van der Waals surface area contributed by atoms with Gasteiger partial charge in [0.15, 0.2) is 0 Å². The fourth-order valence-corrected chi connectivity index (χ4v) is 3.15. The van der Waals surface area contributed by atoms with Crippen molar-refractivity contribution in [2.45, 2.75) is 18.9 Å². The number of thioether (sulfide) groups is 1. The summed E-state index contributed by atoms with van der Waals surface area (Å²) in [5, 5.41) is 11.8. The maximum atomic E-state index is 11.1. The third kappa shape index (κ3) is 3.22. The molecule has 0 aliphatic heterocycles. The standard InChI is InChI=1S/C14H12N2OS2/c1-9-6-11(7-15)14(19-8-10(2)17)16-13(9)12-4-3-5-18-12/h3-6H,8H2,1-2H3. The first-order valence-corrected chi connectivity index (χ1v) is 7.56. The SMILES string of the molecule is CC(=O)CSc1nc(-c2cccs2)c(C)cc1C#N. The molecular formula is C14H12N2OS2. The fraction of sp³-hybridized carbons (Fsp3) is 0.214. The minimum atomic E-state index is 0.0777. The van der Waals surface area contributed by atoms with Crippen LogP contribution in [0.15, 0.2) is 28.6 Å². The van der Waals surface area contributed by atoms with Crippen LogP contribution in [0.4, 0.5) is 0 Å². The Morgan fingerprint density at radius 1 is 1.58 bits per heavy atom. The number of carbonyl (C=O) groups excluding carboxylic acids is 1. The van der Waals surface area contributed by atoms with E-state index in [2.05, 4.69) is 11.1 Å². The third-order valence-corrected chi connectivity index (χ3v) is 4.48. The molecule has 0 saturated carbocycles. The number of ketones is 1. The van der Waals surface area contributed by atoms with Crippen molar-refractivity contribution in [3.63, 3.8) is 0 Å². The van der Waals surface area contributed by atoms with E-state index in [0.29, 0.717) is 16.3 Å². The van der Waals surface area contributed by atoms with Crippen LogP contribution in [0.25, 0.3) is 10.6 Å². The lowest BCUT2D eigenvalue weighted by atomic mass is 10.1. The van der Waals surface area contributed by atoms with Crippen LogP contribution in [0.1, 0.15) is 18.1 Å². The predicted molar refractivity (Wildman–Crippen MR) is 78.4 cm³/mol. The zero-order chi connectivity index (χ0) is 13.8. The average molecular weight is 288 g/mol. The number of aryl methyl sites for hydroxylation is 1. The van der Waals surface area contributed by atoms with E-state index >= 15 is 0 Å². The topological polar surface area (TPSA) is 53.8 Å². The first-order valence-electron chi connectivity index (χ1n) is 5.69. The van der Waals surface area contributed by atoms with E-state index in [9.17, 15) is 4.79 Å². The van der Waals surface area contributed by atoms with Gasteiger partial charge in [-0.3, -0.25) is 4.79 Å². The molecule has 0 amide bonds. The molecule has 2 aromatic heterocycles. The van der Waals surface area contributed by atoms with Crippen LogP contribution in [-0.2, 0) is 4.79 Å². The number of nitrogens with zero attached hydrogens (tertiary/aromatic N) is 2. The molecule has 0 aromatic carbocycles. The van der Waals surface area contributed by atoms with Crippen LogP contribution in [0.3, 0.4) is 0 Å². The van der Waals surface area contributed by atoms with Gasteiger partial charge in [-0.1, -0.05) is 17.8 Å². The Hall–Kier alpha value is -1.64. The van der Waals surface area contributed by atoms with Crippen LogP contribution in [-0.4, -0.2) is 16.5 Å². The highest BCUT2D eigenvalue weighted by molar-refractivity contribution is 8.00. The van der Waals surface area contributed by atoms with Crippen molar-refractivity contribution in [3.05, 3.63) is 34.7 Å². The summed E-state index contributed by atoms with van der Waals surface area (Å²) in [4.78, 5) is 16.7. The van der Waals surface area contributed by atoms with Gasteiger partial charge in [-0.15, -0.1) is 11.3 Å². The van der Waals surface area contributed by atoms with E-state index < -0.39 is 0 Å². The molecular weight excluding hydrogens is 276 g/mol. The number of Topliss-reactive ketones (excluding diaryl/α,β-unsaturated/α-hetero) is 1. The van der Waals surface area contributed by atoms with Crippen molar-refractivity contribution in [2.75, 3.05) is 5.75 Å². The van der Waals surface area contributed by atoms with Gasteiger partial charge in [0, 0.05) is 0 Å². The Morgan fingerprint density at radius 3 is 2.95 bits per heavy atom. The van der Waals surface area contributed by atoms with Crippen LogP contribution >= 0.6 is 23.1 Å². The van der Waals surface area contributed by atoms with Crippen LogP contribution in [0.5, 0.6) is 0 Å². The number of pyridine rings is 1. The van der Waals surface area contributed by atoms with E-state index in [1.54, 1.807) is 11.3 Å². The van der Waals surface area contributed by atoms with Gasteiger partial charge in [0.25, 0.3) is 0 Å². The molecule has 5 heteroatoms. The number of hydrogen-bond acceptors (Lipinski definition) is 5. The van der Waals surface area contributed by atoms with E-state index in [-0.39, 0.29) is 5.78 Å². The first kappa shape index (κ1) is 13.8. The van der Waals surface area contributed by atoms with Crippen molar-refractivity contribution in [1.29, 1.82) is 5.26 Å². The van der Waals surface area contributed by atoms with Crippen molar-refractivity contribution < 1.29 is 4.79 Å². The number of thiophene rings is 1. The smallest absolute Gasteiger partial charge is 0.140 e. The van der Waals surface area contributed by atoms with E-state index in [1.165, 1.54) is 18.7 Å². The molecule has 0 unspecified atom stereocenters. The Bertz CT molecular complexity index is 642. The van der Waals surface area contributed by atoms with Gasteiger partial charge in [0.05, 0.1) is 21.9 Å². The summed E-state index contributed by atoms with van der Waals surface area (Å²) in [6.45, 7) is 3.48. The summed E-state index contributed by atoms with van der Waals surface area (Å²) in [6, 6.07) is 7.96. The molecule has 0 spiro atoms. The Kier molecular flexibility index (Phi) is 4.35. The van der Waals surface area contributed by atoms with Gasteiger partial charge in [-0.25, -0.2) is 4.98 Å². The molecule has 0 fully saturated rings. The second-order valence-corrected chi connectivity index (χ2v) is 6.00. The summed E-state index contributed by atoms with van der Waals surface area (Å²) in [5.74, 6) is 0.420. The van der Waals surface area contributed by atoms with Crippen molar-refractivity contribution in [3.8, 4) is 16.6 Å². The number of carbonyl (C=O) groups is 1. The minimum Gasteiger partial charge on any atom is -0.299 e. The van der Waals surface area contributed by atoms with Gasteiger partial charge in [-0.2, -0.15) is 5.26 Å². The van der Waals surface area contributed by atoms with Gasteiger partial charge in [-0.05, 0) is 36.9 Å². The molecule has 2 aromatic rings. The van der Waals surface area contributed by atoms with Gasteiger partial charge >= 0.3 is 0 Å². The maximum absolute atomic E-state index is 11.1. The lowest BCUT2D eigenvalue weighted by Crippen LogP contribution is -1.98. The molecule has 2 rings (SSSR count). The summed E-state index contributed by atoms with van der Waals surface area (Å²) >= 11 is 2.94. The molecule has 0 N–H and O–H groups in total. The second kappa shape index (κ2) is 6.00. The molecule has 0 bridgehead atoms. The number of nitriles is 1. The predicted octanol–water partition coefficient (Wildman–Crippen LogP) is 3.67. The van der Waals surface area contributed by atoms with Crippen molar-refractivity contribution in [2.24, 2.45) is 0 Å². The van der Waals surface area contributed by atoms with Crippen LogP contribution < -0.4 is 0 Å². The highest BCUT2D eigenvalue weighted by Gasteiger charge is 2.12. The minimum absolute atomic E-state index is 0.0777. The monoisotopic (exact) mass is 288 g/mol. The highest BCUT2D eigenvalue weighted by Crippen LogP contribution is 2.30. The molecule has 96 valence electrons. The maximum Gasteiger partial charge on any atom is 0.140 e. The Morgan fingerprint density at radius 2 is 2.37 bits per heavy atom. The van der Waals surface area contributed by atoms with Crippen LogP contribution in [0, 0.1) is 18.3 Å². The summed E-state index contributed by atoms with van der Waals surface area (Å²) in [7, 11) is 0. The van der Waals surface area contributed by atoms with E-state index in [4.69, 9.17) is 5.26 Å². The normalized spacial score (nSPS) is 10.2. The first-order chi connectivity index (χ1) is 9.11. The van der Waals surface area contributed by atoms with Crippen molar-refractivity contribution in [1.82, 2.24) is 4.98 Å². The fourth-order valence-electron chi connectivity index (χ4n) is 1.62. The summed E-state index contributed by atoms with van der Waals surface area (Å²) in [5.41, 5.74) is 2.40.